The molecule has 0 fully saturated rings. The van der Waals surface area contributed by atoms with Gasteiger partial charge in [-0.1, -0.05) is 42.5 Å². The van der Waals surface area contributed by atoms with Crippen LogP contribution in [0.15, 0.2) is 80.1 Å². The van der Waals surface area contributed by atoms with Gasteiger partial charge < -0.3 is 0 Å². The molecule has 0 spiro atoms. The Kier molecular flexibility index (Phi) is 5.42. The molecule has 0 aliphatic heterocycles. The summed E-state index contributed by atoms with van der Waals surface area (Å²) >= 11 is 0. The molecule has 0 amide bonds. The summed E-state index contributed by atoms with van der Waals surface area (Å²) in [6.07, 6.45) is 7.05. The molecule has 2 aromatic rings. The molecule has 2 heteroatoms. The third-order valence-electron chi connectivity index (χ3n) is 3.60. The summed E-state index contributed by atoms with van der Waals surface area (Å²) in [6.45, 7) is 11.7. The van der Waals surface area contributed by atoms with E-state index in [9.17, 15) is 4.39 Å². The quantitative estimate of drug-likeness (QED) is 0.598. The Bertz CT molecular complexity index is 670. The fourth-order valence-corrected chi connectivity index (χ4v) is 2.44. The van der Waals surface area contributed by atoms with Crippen LogP contribution >= 0.6 is 0 Å². The van der Waals surface area contributed by atoms with Crippen molar-refractivity contribution in [1.82, 2.24) is 4.98 Å². The molecule has 1 unspecified atom stereocenters. The molecule has 1 aromatic carbocycles. The number of hydrogen-bond acceptors (Lipinski definition) is 1. The van der Waals surface area contributed by atoms with Crippen molar-refractivity contribution in [1.29, 1.82) is 0 Å². The van der Waals surface area contributed by atoms with Crippen molar-refractivity contribution in [2.45, 2.75) is 18.8 Å². The highest BCUT2D eigenvalue weighted by atomic mass is 19.1. The zero-order valence-corrected chi connectivity index (χ0v) is 12.6. The molecule has 0 aliphatic carbocycles. The molecule has 1 heterocycles. The average Bonchev–Trinajstić information content (AvgIpc) is 2.53. The Morgan fingerprint density at radius 1 is 1.14 bits per heavy atom. The van der Waals surface area contributed by atoms with E-state index in [4.69, 9.17) is 0 Å². The summed E-state index contributed by atoms with van der Waals surface area (Å²) in [7, 11) is 0. The van der Waals surface area contributed by atoms with E-state index in [0.717, 1.165) is 35.2 Å². The summed E-state index contributed by atoms with van der Waals surface area (Å²) in [4.78, 5) is 4.54. The van der Waals surface area contributed by atoms with Crippen LogP contribution in [-0.2, 0) is 0 Å². The van der Waals surface area contributed by atoms with Gasteiger partial charge in [-0.05, 0) is 36.6 Å². The van der Waals surface area contributed by atoms with Gasteiger partial charge in [0.15, 0.2) is 0 Å². The lowest BCUT2D eigenvalue weighted by Crippen LogP contribution is -2.03. The van der Waals surface area contributed by atoms with Gasteiger partial charge in [0.1, 0.15) is 5.82 Å². The van der Waals surface area contributed by atoms with Crippen LogP contribution in [0.1, 0.15) is 24.5 Å². The number of hydrogen-bond donors (Lipinski definition) is 0. The summed E-state index contributed by atoms with van der Waals surface area (Å²) < 4.78 is 13.3. The lowest BCUT2D eigenvalue weighted by Gasteiger charge is -2.17. The van der Waals surface area contributed by atoms with E-state index < -0.39 is 0 Å². The van der Waals surface area contributed by atoms with E-state index in [1.165, 1.54) is 12.1 Å². The summed E-state index contributed by atoms with van der Waals surface area (Å²) in [5, 5.41) is 0. The molecule has 0 N–H and O–H groups in total. The predicted octanol–water partition coefficient (Wildman–Crippen LogP) is 5.68. The molecule has 0 bridgehead atoms. The molecule has 1 nitrogen and oxygen atoms in total. The first-order valence-electron chi connectivity index (χ1n) is 7.27. The number of nitrogens with zero attached hydrogens (tertiary/aromatic N) is 1. The van der Waals surface area contributed by atoms with Crippen molar-refractivity contribution < 1.29 is 4.39 Å². The molecular weight excluding hydrogens is 273 g/mol. The molecule has 112 valence electrons. The van der Waals surface area contributed by atoms with Crippen LogP contribution in [0, 0.1) is 5.82 Å². The van der Waals surface area contributed by atoms with Crippen LogP contribution in [0.25, 0.3) is 11.1 Å². The third-order valence-corrected chi connectivity index (χ3v) is 3.60. The maximum Gasteiger partial charge on any atom is 0.123 e. The molecule has 2 rings (SSSR count). The highest BCUT2D eigenvalue weighted by Gasteiger charge is 2.14. The van der Waals surface area contributed by atoms with Crippen molar-refractivity contribution in [3.8, 4) is 11.1 Å². The van der Waals surface area contributed by atoms with Crippen molar-refractivity contribution in [3.63, 3.8) is 0 Å². The molecule has 0 saturated carbocycles. The number of pyridine rings is 1. The first-order chi connectivity index (χ1) is 10.7. The number of allylic oxidation sites excluding steroid dienone is 3. The highest BCUT2D eigenvalue weighted by molar-refractivity contribution is 5.62. The largest absolute Gasteiger partial charge is 0.260 e. The van der Waals surface area contributed by atoms with Crippen LogP contribution in [0.2, 0.25) is 0 Å². The second kappa shape index (κ2) is 7.51. The van der Waals surface area contributed by atoms with E-state index in [-0.39, 0.29) is 11.7 Å². The first kappa shape index (κ1) is 15.9. The van der Waals surface area contributed by atoms with Gasteiger partial charge in [0.25, 0.3) is 0 Å². The van der Waals surface area contributed by atoms with Gasteiger partial charge >= 0.3 is 0 Å². The molecular formula is C20H20FN. The number of aromatic nitrogens is 1. The zero-order valence-electron chi connectivity index (χ0n) is 12.6. The fourth-order valence-electron chi connectivity index (χ4n) is 2.44. The maximum atomic E-state index is 13.3. The lowest BCUT2D eigenvalue weighted by atomic mass is 9.90. The van der Waals surface area contributed by atoms with E-state index >= 15 is 0 Å². The van der Waals surface area contributed by atoms with Gasteiger partial charge in [0.2, 0.25) is 0 Å². The number of halogens is 1. The molecule has 0 radical (unpaired) electrons. The Morgan fingerprint density at radius 3 is 2.55 bits per heavy atom. The van der Waals surface area contributed by atoms with Crippen LogP contribution in [-0.4, -0.2) is 4.98 Å². The predicted molar refractivity (Wildman–Crippen MR) is 91.1 cm³/mol. The average molecular weight is 293 g/mol. The standard InChI is InChI=1S/C20H20FN/c1-4-7-15(3)19(8-5-2)20-12-11-17(14-22-20)16-9-6-10-18(21)13-16/h4-6,9-14,19H,1-3,7-8H2. The van der Waals surface area contributed by atoms with Crippen molar-refractivity contribution in [2.75, 3.05) is 0 Å². The van der Waals surface area contributed by atoms with Crippen molar-refractivity contribution in [3.05, 3.63) is 91.6 Å². The topological polar surface area (TPSA) is 12.9 Å². The SMILES string of the molecule is C=CCC(=C)C(CC=C)c1ccc(-c2cccc(F)c2)cn1. The first-order valence-corrected chi connectivity index (χ1v) is 7.27. The van der Waals surface area contributed by atoms with Crippen LogP contribution in [0.4, 0.5) is 4.39 Å². The molecule has 1 aromatic heterocycles. The third kappa shape index (κ3) is 3.79. The summed E-state index contributed by atoms with van der Waals surface area (Å²) in [5.74, 6) is -0.109. The van der Waals surface area contributed by atoms with Gasteiger partial charge in [-0.25, -0.2) is 4.39 Å². The van der Waals surface area contributed by atoms with Crippen molar-refractivity contribution in [2.24, 2.45) is 0 Å². The molecule has 1 atom stereocenters. The van der Waals surface area contributed by atoms with Crippen LogP contribution in [0.3, 0.4) is 0 Å². The molecule has 0 saturated heterocycles. The normalized spacial score (nSPS) is 11.7. The fraction of sp³-hybridized carbons (Fsp3) is 0.150. The number of rotatable bonds is 7. The molecule has 22 heavy (non-hydrogen) atoms. The van der Waals surface area contributed by atoms with Gasteiger partial charge in [-0.3, -0.25) is 4.98 Å². The van der Waals surface area contributed by atoms with Crippen LogP contribution < -0.4 is 0 Å². The van der Waals surface area contributed by atoms with Gasteiger partial charge in [0.05, 0.1) is 0 Å². The van der Waals surface area contributed by atoms with Gasteiger partial charge in [0, 0.05) is 23.4 Å². The monoisotopic (exact) mass is 293 g/mol. The minimum absolute atomic E-state index is 0.136. The Labute approximate surface area is 131 Å². The van der Waals surface area contributed by atoms with Gasteiger partial charge in [-0.2, -0.15) is 0 Å². The Balaban J connectivity index is 2.27. The highest BCUT2D eigenvalue weighted by Crippen LogP contribution is 2.29. The lowest BCUT2D eigenvalue weighted by molar-refractivity contribution is 0.628. The van der Waals surface area contributed by atoms with E-state index in [1.807, 2.05) is 30.4 Å². The van der Waals surface area contributed by atoms with Crippen molar-refractivity contribution >= 4 is 0 Å². The van der Waals surface area contributed by atoms with E-state index in [1.54, 1.807) is 12.3 Å². The van der Waals surface area contributed by atoms with Crippen LogP contribution in [0.5, 0.6) is 0 Å². The minimum atomic E-state index is -0.245. The molecule has 0 aliphatic rings. The zero-order chi connectivity index (χ0) is 15.9. The Morgan fingerprint density at radius 2 is 1.95 bits per heavy atom. The Hall–Kier alpha value is -2.48. The second-order valence-electron chi connectivity index (χ2n) is 5.21. The number of benzene rings is 1. The second-order valence-corrected chi connectivity index (χ2v) is 5.21. The summed E-state index contributed by atoms with van der Waals surface area (Å²) in [6, 6.07) is 10.5. The van der Waals surface area contributed by atoms with E-state index in [0.29, 0.717) is 0 Å². The maximum absolute atomic E-state index is 13.3. The van der Waals surface area contributed by atoms with E-state index in [2.05, 4.69) is 24.7 Å². The minimum Gasteiger partial charge on any atom is -0.260 e. The van der Waals surface area contributed by atoms with Gasteiger partial charge in [-0.15, -0.1) is 13.2 Å². The summed E-state index contributed by atoms with van der Waals surface area (Å²) in [5.41, 5.74) is 3.74. The smallest absolute Gasteiger partial charge is 0.123 e.